The molecule has 31 heavy (non-hydrogen) atoms. The van der Waals surface area contributed by atoms with Gasteiger partial charge < -0.3 is 20.4 Å². The van der Waals surface area contributed by atoms with Gasteiger partial charge in [0.2, 0.25) is 0 Å². The lowest BCUT2D eigenvalue weighted by Crippen LogP contribution is -2.48. The molecule has 2 unspecified atom stereocenters. The van der Waals surface area contributed by atoms with Gasteiger partial charge in [0.25, 0.3) is 0 Å². The van der Waals surface area contributed by atoms with Gasteiger partial charge in [0, 0.05) is 57.7 Å². The molecule has 2 atom stereocenters. The number of hydrogen-bond acceptors (Lipinski definition) is 5. The Hall–Kier alpha value is -0.420. The molecule has 2 fully saturated rings. The monoisotopic (exact) mass is 562 g/mol. The maximum absolute atomic E-state index is 4.49. The third-order valence-electron chi connectivity index (χ3n) is 6.60. The fraction of sp³-hybridized carbons (Fsp3) is 0.783. The van der Waals surface area contributed by atoms with Gasteiger partial charge in [-0.05, 0) is 56.3 Å². The predicted octanol–water partition coefficient (Wildman–Crippen LogP) is 3.19. The number of aliphatic imine (C=N–C) groups is 1. The number of halogens is 1. The average molecular weight is 563 g/mol. The summed E-state index contributed by atoms with van der Waals surface area (Å²) in [6.45, 7) is 14.9. The van der Waals surface area contributed by atoms with Crippen molar-refractivity contribution in [3.8, 4) is 0 Å². The van der Waals surface area contributed by atoms with E-state index in [0.717, 1.165) is 31.5 Å². The van der Waals surface area contributed by atoms with Crippen LogP contribution in [0.25, 0.3) is 0 Å². The summed E-state index contributed by atoms with van der Waals surface area (Å²) in [5.74, 6) is 2.38. The third-order valence-corrected chi connectivity index (χ3v) is 7.57. The molecule has 2 N–H and O–H groups in total. The van der Waals surface area contributed by atoms with E-state index in [0.29, 0.717) is 12.0 Å². The van der Waals surface area contributed by atoms with E-state index in [4.69, 9.17) is 0 Å². The van der Waals surface area contributed by atoms with Crippen LogP contribution >= 0.6 is 35.3 Å². The van der Waals surface area contributed by atoms with E-state index in [1.807, 2.05) is 18.4 Å². The van der Waals surface area contributed by atoms with Crippen LogP contribution < -0.4 is 10.6 Å². The smallest absolute Gasteiger partial charge is 0.191 e. The highest BCUT2D eigenvalue weighted by Gasteiger charge is 2.25. The van der Waals surface area contributed by atoms with E-state index in [1.165, 1.54) is 57.0 Å². The number of likely N-dealkylation sites (N-methyl/N-ethyl adjacent to an activating group) is 1. The minimum atomic E-state index is 0. The number of piperazine rings is 1. The third kappa shape index (κ3) is 8.79. The van der Waals surface area contributed by atoms with Gasteiger partial charge in [-0.2, -0.15) is 0 Å². The minimum Gasteiger partial charge on any atom is -0.356 e. The molecule has 0 spiro atoms. The maximum atomic E-state index is 4.49. The molecule has 2 saturated heterocycles. The topological polar surface area (TPSA) is 46.1 Å². The van der Waals surface area contributed by atoms with Gasteiger partial charge in [0.15, 0.2) is 5.96 Å². The molecular weight excluding hydrogens is 519 g/mol. The first-order valence-electron chi connectivity index (χ1n) is 11.7. The summed E-state index contributed by atoms with van der Waals surface area (Å²) in [4.78, 5) is 13.6. The molecule has 0 saturated carbocycles. The first kappa shape index (κ1) is 26.8. The molecule has 2 aliphatic rings. The molecule has 1 aromatic rings. The van der Waals surface area contributed by atoms with Crippen molar-refractivity contribution in [3.63, 3.8) is 0 Å². The highest BCUT2D eigenvalue weighted by Crippen LogP contribution is 2.29. The maximum Gasteiger partial charge on any atom is 0.191 e. The van der Waals surface area contributed by atoms with Gasteiger partial charge in [-0.15, -0.1) is 35.3 Å². The molecule has 3 heterocycles. The average Bonchev–Trinajstić information content (AvgIpc) is 3.28. The lowest BCUT2D eigenvalue weighted by Gasteiger charge is -2.36. The first-order valence-corrected chi connectivity index (χ1v) is 12.6. The van der Waals surface area contributed by atoms with Crippen molar-refractivity contribution >= 4 is 41.3 Å². The Labute approximate surface area is 210 Å². The van der Waals surface area contributed by atoms with Gasteiger partial charge in [-0.1, -0.05) is 19.9 Å². The standard InChI is InChI=1S/C23H42N6S.HI/c1-19-7-9-29(10-8-19)21(22-6-5-15-30-22)17-26-23(24-3)25-16-20(2)18-28-13-11-27(4)12-14-28;/h5-6,15,19-21H,7-14,16-18H2,1-4H3,(H2,24,25,26);1H. The number of piperidine rings is 1. The van der Waals surface area contributed by atoms with Crippen molar-refractivity contribution in [2.75, 3.05) is 73.0 Å². The summed E-state index contributed by atoms with van der Waals surface area (Å²) in [5.41, 5.74) is 0. The van der Waals surface area contributed by atoms with Crippen molar-refractivity contribution in [1.82, 2.24) is 25.3 Å². The summed E-state index contributed by atoms with van der Waals surface area (Å²) < 4.78 is 0. The van der Waals surface area contributed by atoms with Crippen molar-refractivity contribution in [2.45, 2.75) is 32.7 Å². The first-order chi connectivity index (χ1) is 14.5. The molecule has 0 radical (unpaired) electrons. The van der Waals surface area contributed by atoms with Crippen LogP contribution in [0.5, 0.6) is 0 Å². The molecular formula is C23H43IN6S. The van der Waals surface area contributed by atoms with Crippen LogP contribution in [0.4, 0.5) is 0 Å². The molecule has 8 heteroatoms. The van der Waals surface area contributed by atoms with Crippen LogP contribution in [0.3, 0.4) is 0 Å². The summed E-state index contributed by atoms with van der Waals surface area (Å²) >= 11 is 1.87. The Kier molecular flexibility index (Phi) is 12.1. The Morgan fingerprint density at radius 3 is 2.42 bits per heavy atom. The van der Waals surface area contributed by atoms with E-state index in [2.05, 4.69) is 68.7 Å². The zero-order valence-corrected chi connectivity index (χ0v) is 23.0. The number of nitrogens with zero attached hydrogens (tertiary/aromatic N) is 4. The second-order valence-corrected chi connectivity index (χ2v) is 10.3. The number of hydrogen-bond donors (Lipinski definition) is 2. The van der Waals surface area contributed by atoms with Crippen LogP contribution in [0.2, 0.25) is 0 Å². The summed E-state index contributed by atoms with van der Waals surface area (Å²) in [6.07, 6.45) is 2.61. The largest absolute Gasteiger partial charge is 0.356 e. The fourth-order valence-electron chi connectivity index (χ4n) is 4.45. The van der Waals surface area contributed by atoms with Gasteiger partial charge in [-0.25, -0.2) is 0 Å². The minimum absolute atomic E-state index is 0. The number of nitrogens with one attached hydrogen (secondary N) is 2. The number of thiophene rings is 1. The Balaban J connectivity index is 0.00000341. The lowest BCUT2D eigenvalue weighted by atomic mass is 9.97. The number of guanidine groups is 1. The SMILES string of the molecule is CN=C(NCC(C)CN1CCN(C)CC1)NCC(c1cccs1)N1CCC(C)CC1.I. The van der Waals surface area contributed by atoms with Crippen molar-refractivity contribution < 1.29 is 0 Å². The highest BCUT2D eigenvalue weighted by atomic mass is 127. The molecule has 0 bridgehead atoms. The second-order valence-electron chi connectivity index (χ2n) is 9.29. The van der Waals surface area contributed by atoms with Gasteiger partial charge in [-0.3, -0.25) is 9.89 Å². The van der Waals surface area contributed by atoms with E-state index in [-0.39, 0.29) is 24.0 Å². The van der Waals surface area contributed by atoms with Gasteiger partial charge in [0.1, 0.15) is 0 Å². The molecule has 0 aliphatic carbocycles. The highest BCUT2D eigenvalue weighted by molar-refractivity contribution is 14.0. The van der Waals surface area contributed by atoms with Crippen molar-refractivity contribution in [1.29, 1.82) is 0 Å². The molecule has 0 amide bonds. The van der Waals surface area contributed by atoms with Gasteiger partial charge >= 0.3 is 0 Å². The Morgan fingerprint density at radius 2 is 1.81 bits per heavy atom. The van der Waals surface area contributed by atoms with Crippen molar-refractivity contribution in [3.05, 3.63) is 22.4 Å². The van der Waals surface area contributed by atoms with Crippen LogP contribution in [0.1, 0.15) is 37.6 Å². The van der Waals surface area contributed by atoms with Gasteiger partial charge in [0.05, 0.1) is 6.04 Å². The molecule has 6 nitrogen and oxygen atoms in total. The van der Waals surface area contributed by atoms with Crippen LogP contribution in [0, 0.1) is 11.8 Å². The zero-order valence-electron chi connectivity index (χ0n) is 19.8. The zero-order chi connectivity index (χ0) is 21.3. The van der Waals surface area contributed by atoms with E-state index >= 15 is 0 Å². The summed E-state index contributed by atoms with van der Waals surface area (Å²) in [6, 6.07) is 4.88. The van der Waals surface area contributed by atoms with Crippen LogP contribution in [-0.4, -0.2) is 93.7 Å². The predicted molar refractivity (Wildman–Crippen MR) is 145 cm³/mol. The number of rotatable bonds is 8. The second kappa shape index (κ2) is 14.0. The van der Waals surface area contributed by atoms with E-state index in [9.17, 15) is 0 Å². The quantitative estimate of drug-likeness (QED) is 0.290. The molecule has 1 aromatic heterocycles. The molecule has 178 valence electrons. The van der Waals surface area contributed by atoms with E-state index < -0.39 is 0 Å². The van der Waals surface area contributed by atoms with E-state index in [1.54, 1.807) is 0 Å². The summed E-state index contributed by atoms with van der Waals surface area (Å²) in [5, 5.41) is 9.38. The fourth-order valence-corrected chi connectivity index (χ4v) is 5.31. The van der Waals surface area contributed by atoms with Crippen LogP contribution in [-0.2, 0) is 0 Å². The Morgan fingerprint density at radius 1 is 1.13 bits per heavy atom. The van der Waals surface area contributed by atoms with Crippen molar-refractivity contribution in [2.24, 2.45) is 16.8 Å². The van der Waals surface area contributed by atoms with Crippen LogP contribution in [0.15, 0.2) is 22.5 Å². The molecule has 2 aliphatic heterocycles. The normalized spacial score (nSPS) is 22.0. The Bertz CT molecular complexity index is 624. The molecule has 3 rings (SSSR count). The summed E-state index contributed by atoms with van der Waals surface area (Å²) in [7, 11) is 4.09. The number of likely N-dealkylation sites (tertiary alicyclic amines) is 1. The molecule has 0 aromatic carbocycles. The lowest BCUT2D eigenvalue weighted by molar-refractivity contribution is 0.138.